The molecule has 102 valence electrons. The standard InChI is InChI=1S/C12H14BrN3O2S/c13-9-5-7(11(14)19)1-2-10(9)16-12(17)15-8-3-4-18-6-8/h1-2,5,8H,3-4,6H2,(H2,14,19)(H2,15,16,17). The third kappa shape index (κ3) is 3.89. The zero-order valence-electron chi connectivity index (χ0n) is 10.1. The van der Waals surface area contributed by atoms with E-state index in [0.717, 1.165) is 16.5 Å². The Kier molecular flexibility index (Phi) is 4.73. The third-order valence-corrected chi connectivity index (χ3v) is 3.66. The summed E-state index contributed by atoms with van der Waals surface area (Å²) in [5, 5.41) is 5.61. The van der Waals surface area contributed by atoms with Crippen LogP contribution in [0.5, 0.6) is 0 Å². The number of urea groups is 1. The molecule has 0 radical (unpaired) electrons. The topological polar surface area (TPSA) is 76.4 Å². The molecular weight excluding hydrogens is 330 g/mol. The minimum atomic E-state index is -0.251. The summed E-state index contributed by atoms with van der Waals surface area (Å²) in [6, 6.07) is 5.12. The summed E-state index contributed by atoms with van der Waals surface area (Å²) in [6.45, 7) is 1.26. The fourth-order valence-corrected chi connectivity index (χ4v) is 2.37. The van der Waals surface area contributed by atoms with E-state index in [0.29, 0.717) is 23.9 Å². The highest BCUT2D eigenvalue weighted by Crippen LogP contribution is 2.23. The third-order valence-electron chi connectivity index (χ3n) is 2.77. The summed E-state index contributed by atoms with van der Waals surface area (Å²) >= 11 is 8.27. The van der Waals surface area contributed by atoms with Gasteiger partial charge in [-0.3, -0.25) is 0 Å². The van der Waals surface area contributed by atoms with Crippen LogP contribution in [0.4, 0.5) is 10.5 Å². The zero-order valence-corrected chi connectivity index (χ0v) is 12.5. The number of thiocarbonyl (C=S) groups is 1. The van der Waals surface area contributed by atoms with E-state index in [2.05, 4.69) is 26.6 Å². The van der Waals surface area contributed by atoms with Crippen LogP contribution in [0.1, 0.15) is 12.0 Å². The summed E-state index contributed by atoms with van der Waals surface area (Å²) in [6.07, 6.45) is 0.842. The van der Waals surface area contributed by atoms with Crippen molar-refractivity contribution in [1.82, 2.24) is 5.32 Å². The lowest BCUT2D eigenvalue weighted by molar-refractivity contribution is 0.189. The van der Waals surface area contributed by atoms with Gasteiger partial charge in [-0.15, -0.1) is 0 Å². The minimum absolute atomic E-state index is 0.0784. The second-order valence-electron chi connectivity index (χ2n) is 4.22. The second-order valence-corrected chi connectivity index (χ2v) is 5.51. The molecule has 1 aliphatic heterocycles. The lowest BCUT2D eigenvalue weighted by atomic mass is 10.2. The first-order valence-electron chi connectivity index (χ1n) is 5.81. The predicted molar refractivity (Wildman–Crippen MR) is 81.4 cm³/mol. The molecule has 1 fully saturated rings. The number of nitrogens with two attached hydrogens (primary N) is 1. The minimum Gasteiger partial charge on any atom is -0.389 e. The average Bonchev–Trinajstić information content (AvgIpc) is 2.84. The van der Waals surface area contributed by atoms with Gasteiger partial charge in [-0.1, -0.05) is 12.2 Å². The molecule has 0 saturated carbocycles. The van der Waals surface area contributed by atoms with Gasteiger partial charge >= 0.3 is 6.03 Å². The molecule has 0 aromatic heterocycles. The van der Waals surface area contributed by atoms with Gasteiger partial charge in [0.2, 0.25) is 0 Å². The Labute approximate surface area is 125 Å². The van der Waals surface area contributed by atoms with Gasteiger partial charge in [0.15, 0.2) is 0 Å². The molecule has 2 rings (SSSR count). The van der Waals surface area contributed by atoms with Gasteiger partial charge in [0, 0.05) is 16.6 Å². The van der Waals surface area contributed by atoms with Gasteiger partial charge in [-0.25, -0.2) is 4.79 Å². The molecule has 0 spiro atoms. The van der Waals surface area contributed by atoms with Crippen molar-refractivity contribution >= 4 is 44.9 Å². The Bertz CT molecular complexity index is 504. The molecule has 1 atom stereocenters. The van der Waals surface area contributed by atoms with Crippen molar-refractivity contribution in [1.29, 1.82) is 0 Å². The number of ether oxygens (including phenoxy) is 1. The van der Waals surface area contributed by atoms with Crippen molar-refractivity contribution in [2.75, 3.05) is 18.5 Å². The number of carbonyl (C=O) groups is 1. The summed E-state index contributed by atoms with van der Waals surface area (Å²) in [4.78, 5) is 12.1. The monoisotopic (exact) mass is 343 g/mol. The number of benzene rings is 1. The second kappa shape index (κ2) is 6.31. The van der Waals surface area contributed by atoms with E-state index in [1.807, 2.05) is 0 Å². The fraction of sp³-hybridized carbons (Fsp3) is 0.333. The molecule has 1 heterocycles. The van der Waals surface area contributed by atoms with Crippen LogP contribution < -0.4 is 16.4 Å². The summed E-state index contributed by atoms with van der Waals surface area (Å²) in [5.41, 5.74) is 6.95. The van der Waals surface area contributed by atoms with Crippen LogP contribution in [0, 0.1) is 0 Å². The van der Waals surface area contributed by atoms with Crippen LogP contribution in [0.15, 0.2) is 22.7 Å². The van der Waals surface area contributed by atoms with Gasteiger partial charge in [-0.2, -0.15) is 0 Å². The first kappa shape index (κ1) is 14.2. The van der Waals surface area contributed by atoms with E-state index in [4.69, 9.17) is 22.7 Å². The molecule has 5 nitrogen and oxygen atoms in total. The Morgan fingerprint density at radius 2 is 2.32 bits per heavy atom. The summed E-state index contributed by atoms with van der Waals surface area (Å²) in [5.74, 6) is 0. The molecule has 0 bridgehead atoms. The molecule has 2 amide bonds. The molecule has 19 heavy (non-hydrogen) atoms. The lowest BCUT2D eigenvalue weighted by Crippen LogP contribution is -2.38. The van der Waals surface area contributed by atoms with E-state index < -0.39 is 0 Å². The molecule has 7 heteroatoms. The van der Waals surface area contributed by atoms with Crippen molar-refractivity contribution in [3.63, 3.8) is 0 Å². The van der Waals surface area contributed by atoms with E-state index in [1.54, 1.807) is 18.2 Å². The Morgan fingerprint density at radius 3 is 2.89 bits per heavy atom. The fourth-order valence-electron chi connectivity index (χ4n) is 1.76. The van der Waals surface area contributed by atoms with Gasteiger partial charge in [0.1, 0.15) is 4.99 Å². The van der Waals surface area contributed by atoms with Crippen LogP contribution in [0.2, 0.25) is 0 Å². The van der Waals surface area contributed by atoms with Gasteiger partial charge in [-0.05, 0) is 40.5 Å². The SMILES string of the molecule is NC(=S)c1ccc(NC(=O)NC2CCOC2)c(Br)c1. The number of anilines is 1. The number of nitrogens with one attached hydrogen (secondary N) is 2. The Balaban J connectivity index is 1.98. The molecule has 1 saturated heterocycles. The maximum absolute atomic E-state index is 11.8. The number of halogens is 1. The van der Waals surface area contributed by atoms with Gasteiger partial charge in [0.25, 0.3) is 0 Å². The predicted octanol–water partition coefficient (Wildman–Crippen LogP) is 1.99. The Hall–Kier alpha value is -1.18. The number of amides is 2. The average molecular weight is 344 g/mol. The maximum Gasteiger partial charge on any atom is 0.319 e. The molecule has 1 aromatic carbocycles. The van der Waals surface area contributed by atoms with E-state index in [1.165, 1.54) is 0 Å². The number of rotatable bonds is 3. The molecule has 1 unspecified atom stereocenters. The zero-order chi connectivity index (χ0) is 13.8. The van der Waals surface area contributed by atoms with Gasteiger partial charge in [0.05, 0.1) is 18.3 Å². The summed E-state index contributed by atoms with van der Waals surface area (Å²) < 4.78 is 5.93. The van der Waals surface area contributed by atoms with Crippen LogP contribution in [0.25, 0.3) is 0 Å². The number of hydrogen-bond acceptors (Lipinski definition) is 3. The highest BCUT2D eigenvalue weighted by molar-refractivity contribution is 9.10. The molecule has 1 aromatic rings. The van der Waals surface area contributed by atoms with Crippen LogP contribution >= 0.6 is 28.1 Å². The van der Waals surface area contributed by atoms with Crippen molar-refractivity contribution < 1.29 is 9.53 Å². The van der Waals surface area contributed by atoms with Crippen LogP contribution in [0.3, 0.4) is 0 Å². The van der Waals surface area contributed by atoms with Crippen molar-refractivity contribution in [2.45, 2.75) is 12.5 Å². The summed E-state index contributed by atoms with van der Waals surface area (Å²) in [7, 11) is 0. The quantitative estimate of drug-likeness (QED) is 0.733. The van der Waals surface area contributed by atoms with Crippen molar-refractivity contribution in [2.24, 2.45) is 5.73 Å². The normalized spacial score (nSPS) is 18.1. The molecule has 1 aliphatic rings. The van der Waals surface area contributed by atoms with Crippen molar-refractivity contribution in [3.8, 4) is 0 Å². The molecule has 0 aliphatic carbocycles. The smallest absolute Gasteiger partial charge is 0.319 e. The van der Waals surface area contributed by atoms with Crippen LogP contribution in [-0.2, 0) is 4.74 Å². The van der Waals surface area contributed by atoms with E-state index >= 15 is 0 Å². The van der Waals surface area contributed by atoms with Crippen LogP contribution in [-0.4, -0.2) is 30.3 Å². The van der Waals surface area contributed by atoms with E-state index in [-0.39, 0.29) is 12.1 Å². The molecular formula is C12H14BrN3O2S. The first-order valence-corrected chi connectivity index (χ1v) is 7.01. The Morgan fingerprint density at radius 1 is 1.53 bits per heavy atom. The number of carbonyl (C=O) groups excluding carboxylic acids is 1. The maximum atomic E-state index is 11.8. The highest BCUT2D eigenvalue weighted by atomic mass is 79.9. The largest absolute Gasteiger partial charge is 0.389 e. The number of hydrogen-bond donors (Lipinski definition) is 3. The molecule has 4 N–H and O–H groups in total. The van der Waals surface area contributed by atoms with Crippen molar-refractivity contribution in [3.05, 3.63) is 28.2 Å². The lowest BCUT2D eigenvalue weighted by Gasteiger charge is -2.13. The van der Waals surface area contributed by atoms with E-state index in [9.17, 15) is 4.79 Å². The highest BCUT2D eigenvalue weighted by Gasteiger charge is 2.18. The first-order chi connectivity index (χ1) is 9.06. The van der Waals surface area contributed by atoms with Gasteiger partial charge < -0.3 is 21.1 Å².